The van der Waals surface area contributed by atoms with Crippen molar-refractivity contribution in [2.24, 2.45) is 5.16 Å². The van der Waals surface area contributed by atoms with E-state index in [1.807, 2.05) is 0 Å². The van der Waals surface area contributed by atoms with Gasteiger partial charge in [0.2, 0.25) is 0 Å². The quantitative estimate of drug-likeness (QED) is 0.113. The number of aromatic nitrogens is 3. The summed E-state index contributed by atoms with van der Waals surface area (Å²) in [4.78, 5) is 65.5. The van der Waals surface area contributed by atoms with Crippen LogP contribution in [0.1, 0.15) is 23.0 Å². The number of aryl methyl sites for hydroxylation is 2. The van der Waals surface area contributed by atoms with Crippen LogP contribution in [0.25, 0.3) is 0 Å². The summed E-state index contributed by atoms with van der Waals surface area (Å²) in [6.45, 7) is 2.93. The average molecular weight is 625 g/mol. The Labute approximate surface area is 242 Å². The molecule has 2 aliphatic rings. The average Bonchev–Trinajstić information content (AvgIpc) is 3.68. The van der Waals surface area contributed by atoms with E-state index in [-0.39, 0.29) is 29.5 Å². The van der Waals surface area contributed by atoms with Gasteiger partial charge in [-0.2, -0.15) is 4.37 Å². The number of nitrogens with zero attached hydrogens (tertiary/aromatic N) is 5. The van der Waals surface area contributed by atoms with Crippen LogP contribution in [0.4, 0.5) is 0 Å². The number of fused-ring (bicyclic) bond motifs is 1. The molecule has 5 rings (SSSR count). The van der Waals surface area contributed by atoms with Crippen molar-refractivity contribution in [3.63, 3.8) is 0 Å². The van der Waals surface area contributed by atoms with Crippen molar-refractivity contribution in [1.29, 1.82) is 0 Å². The predicted octanol–water partition coefficient (Wildman–Crippen LogP) is 1.70. The summed E-state index contributed by atoms with van der Waals surface area (Å²) in [6.07, 6.45) is 0. The molecule has 0 saturated carbocycles. The molecule has 3 aromatic rings. The molecule has 40 heavy (non-hydrogen) atoms. The number of hydrogen-bond acceptors (Lipinski definition) is 16. The van der Waals surface area contributed by atoms with Crippen LogP contribution in [0.5, 0.6) is 0 Å². The second kappa shape index (κ2) is 11.9. The molecule has 0 aliphatic carbocycles. The first-order valence-electron chi connectivity index (χ1n) is 11.4. The Hall–Kier alpha value is -3.48. The van der Waals surface area contributed by atoms with Gasteiger partial charge in [0.05, 0.1) is 5.51 Å². The maximum absolute atomic E-state index is 13.3. The Morgan fingerprint density at radius 2 is 2.12 bits per heavy atom. The van der Waals surface area contributed by atoms with E-state index in [0.29, 0.717) is 32.9 Å². The molecular formula is C22H20N6O8S4. The number of carbonyl (C=O) groups is 3. The van der Waals surface area contributed by atoms with Gasteiger partial charge >= 0.3 is 11.8 Å². The second-order valence-electron chi connectivity index (χ2n) is 8.22. The number of ether oxygens (including phenoxy) is 1. The SMILES string of the molecule is CO/N=C(\C(=O)NC1C(=O)N2C(C(=O)OCc3oc(=O)oc3C)=C(CSc3nc(C)ns3)CS[C@H]12)c1cscn1. The first kappa shape index (κ1) is 28.1. The molecule has 2 amide bonds. The van der Waals surface area contributed by atoms with Crippen molar-refractivity contribution in [2.75, 3.05) is 18.6 Å². The zero-order valence-corrected chi connectivity index (χ0v) is 24.3. The number of thiazole rings is 1. The number of carbonyl (C=O) groups excluding carboxylic acids is 3. The number of thioether (sulfide) groups is 2. The zero-order chi connectivity index (χ0) is 28.4. The Bertz CT molecular complexity index is 1560. The van der Waals surface area contributed by atoms with Gasteiger partial charge in [-0.3, -0.25) is 14.5 Å². The lowest BCUT2D eigenvalue weighted by Gasteiger charge is -2.49. The third kappa shape index (κ3) is 5.70. The van der Waals surface area contributed by atoms with Crippen molar-refractivity contribution < 1.29 is 32.8 Å². The number of amides is 2. The van der Waals surface area contributed by atoms with Crippen molar-refractivity contribution in [2.45, 2.75) is 36.2 Å². The van der Waals surface area contributed by atoms with E-state index in [9.17, 15) is 19.2 Å². The third-order valence-corrected chi connectivity index (χ3v) is 9.59. The lowest BCUT2D eigenvalue weighted by atomic mass is 10.0. The molecular weight excluding hydrogens is 605 g/mol. The number of esters is 1. The highest BCUT2D eigenvalue weighted by molar-refractivity contribution is 8.01. The van der Waals surface area contributed by atoms with Crippen LogP contribution in [0.3, 0.4) is 0 Å². The summed E-state index contributed by atoms with van der Waals surface area (Å²) in [6, 6.07) is -0.921. The number of rotatable bonds is 10. The number of β-lactam (4-membered cyclic amide) rings is 1. The third-order valence-electron chi connectivity index (χ3n) is 5.65. The van der Waals surface area contributed by atoms with Crippen LogP contribution in [0.2, 0.25) is 0 Å². The lowest BCUT2D eigenvalue weighted by Crippen LogP contribution is -2.71. The fraction of sp³-hybridized carbons (Fsp3) is 0.364. The molecule has 1 saturated heterocycles. The summed E-state index contributed by atoms with van der Waals surface area (Å²) >= 11 is 5.30. The Balaban J connectivity index is 1.36. The van der Waals surface area contributed by atoms with Gasteiger partial charge in [0.25, 0.3) is 11.8 Å². The van der Waals surface area contributed by atoms with Crippen molar-refractivity contribution >= 4 is 69.9 Å². The maximum atomic E-state index is 13.3. The Morgan fingerprint density at radius 1 is 1.30 bits per heavy atom. The number of hydrogen-bond donors (Lipinski definition) is 1. The minimum Gasteiger partial charge on any atom is -0.453 e. The number of oxime groups is 1. The van der Waals surface area contributed by atoms with E-state index in [0.717, 1.165) is 0 Å². The van der Waals surface area contributed by atoms with E-state index in [2.05, 4.69) is 24.8 Å². The molecule has 0 spiro atoms. The van der Waals surface area contributed by atoms with Crippen LogP contribution < -0.4 is 11.1 Å². The monoisotopic (exact) mass is 624 g/mol. The van der Waals surface area contributed by atoms with Gasteiger partial charge in [0.15, 0.2) is 28.2 Å². The van der Waals surface area contributed by atoms with Gasteiger partial charge in [-0.25, -0.2) is 19.6 Å². The highest BCUT2D eigenvalue weighted by Crippen LogP contribution is 2.42. The van der Waals surface area contributed by atoms with Crippen LogP contribution in [0.15, 0.2) is 45.3 Å². The zero-order valence-electron chi connectivity index (χ0n) is 21.1. The number of nitrogens with one attached hydrogen (secondary N) is 1. The minimum absolute atomic E-state index is 0.0630. The molecule has 2 aliphatic heterocycles. The fourth-order valence-corrected chi connectivity index (χ4v) is 7.48. The van der Waals surface area contributed by atoms with E-state index >= 15 is 0 Å². The molecule has 1 fully saturated rings. The van der Waals surface area contributed by atoms with Crippen LogP contribution >= 0.6 is 46.4 Å². The summed E-state index contributed by atoms with van der Waals surface area (Å²) < 4.78 is 20.0. The Morgan fingerprint density at radius 3 is 2.77 bits per heavy atom. The maximum Gasteiger partial charge on any atom is 0.519 e. The van der Waals surface area contributed by atoms with Gasteiger partial charge in [-0.15, -0.1) is 23.1 Å². The fourth-order valence-electron chi connectivity index (χ4n) is 3.81. The molecule has 18 heteroatoms. The molecule has 0 bridgehead atoms. The van der Waals surface area contributed by atoms with Crippen molar-refractivity contribution in [1.82, 2.24) is 24.6 Å². The highest BCUT2D eigenvalue weighted by atomic mass is 32.2. The Kier molecular flexibility index (Phi) is 8.38. The molecule has 0 aromatic carbocycles. The van der Waals surface area contributed by atoms with Crippen molar-refractivity contribution in [3.8, 4) is 0 Å². The summed E-state index contributed by atoms with van der Waals surface area (Å²) in [5, 5.41) is 7.51. The molecule has 3 aromatic heterocycles. The van der Waals surface area contributed by atoms with Crippen LogP contribution in [-0.2, 0) is 30.6 Å². The largest absolute Gasteiger partial charge is 0.519 e. The molecule has 5 heterocycles. The standard InChI is InChI=1S/C22H20N6O8S4/c1-9-13(36-22(32)35-9)4-34-20(31)16-11(6-39-21-24-10(2)27-40-21)5-38-19-15(18(30)28(16)19)25-17(29)14(26-33-3)12-7-37-8-23-12/h7-8,15,19H,4-6H2,1-3H3,(H,25,29)/b26-14-/t15?,19-/m1/s1. The molecule has 1 unspecified atom stereocenters. The molecule has 1 N–H and O–H groups in total. The predicted molar refractivity (Wildman–Crippen MR) is 145 cm³/mol. The summed E-state index contributed by atoms with van der Waals surface area (Å²) in [7, 11) is 1.30. The summed E-state index contributed by atoms with van der Waals surface area (Å²) in [5.41, 5.74) is 2.49. The van der Waals surface area contributed by atoms with Gasteiger partial charge in [0, 0.05) is 16.9 Å². The van der Waals surface area contributed by atoms with Crippen molar-refractivity contribution in [3.05, 3.63) is 55.8 Å². The smallest absolute Gasteiger partial charge is 0.453 e. The first-order valence-corrected chi connectivity index (χ1v) is 15.2. The minimum atomic E-state index is -0.921. The van der Waals surface area contributed by atoms with Gasteiger partial charge in [-0.1, -0.05) is 16.9 Å². The highest BCUT2D eigenvalue weighted by Gasteiger charge is 2.54. The molecule has 210 valence electrons. The second-order valence-corrected chi connectivity index (χ2v) is 12.0. The van der Waals surface area contributed by atoms with Crippen LogP contribution in [0, 0.1) is 13.8 Å². The molecule has 2 atom stereocenters. The van der Waals surface area contributed by atoms with Gasteiger partial charge < -0.3 is 23.7 Å². The summed E-state index contributed by atoms with van der Waals surface area (Å²) in [5.74, 6) is -1.19. The molecule has 14 nitrogen and oxygen atoms in total. The lowest BCUT2D eigenvalue weighted by molar-refractivity contribution is -0.153. The van der Waals surface area contributed by atoms with Gasteiger partial charge in [-0.05, 0) is 31.0 Å². The van der Waals surface area contributed by atoms with E-state index in [1.54, 1.807) is 17.8 Å². The first-order chi connectivity index (χ1) is 19.3. The molecule has 0 radical (unpaired) electrons. The van der Waals surface area contributed by atoms with Crippen LogP contribution in [-0.4, -0.2) is 72.8 Å². The van der Waals surface area contributed by atoms with E-state index in [4.69, 9.17) is 18.4 Å². The topological polar surface area (TPSA) is 179 Å². The normalized spacial score (nSPS) is 18.8. The van der Waals surface area contributed by atoms with E-state index < -0.39 is 35.0 Å². The van der Waals surface area contributed by atoms with E-state index in [1.165, 1.54) is 65.3 Å². The van der Waals surface area contributed by atoms with Gasteiger partial charge in [0.1, 0.15) is 35.7 Å².